The maximum atomic E-state index is 12.1. The van der Waals surface area contributed by atoms with E-state index in [9.17, 15) is 4.79 Å². The first-order valence-electron chi connectivity index (χ1n) is 6.77. The average Bonchev–Trinajstić information content (AvgIpc) is 2.88. The van der Waals surface area contributed by atoms with Crippen molar-refractivity contribution in [3.63, 3.8) is 0 Å². The van der Waals surface area contributed by atoms with Crippen molar-refractivity contribution in [2.45, 2.75) is 32.3 Å². The fraction of sp³-hybridized carbons (Fsp3) is 0.467. The third-order valence-corrected chi connectivity index (χ3v) is 3.30. The highest BCUT2D eigenvalue weighted by Gasteiger charge is 2.41. The number of benzene rings is 1. The lowest BCUT2D eigenvalue weighted by Crippen LogP contribution is -2.44. The molecule has 1 heterocycles. The van der Waals surface area contributed by atoms with Gasteiger partial charge < -0.3 is 14.9 Å². The summed E-state index contributed by atoms with van der Waals surface area (Å²) < 4.78 is 5.12. The van der Waals surface area contributed by atoms with E-state index in [4.69, 9.17) is 9.57 Å². The summed E-state index contributed by atoms with van der Waals surface area (Å²) in [4.78, 5) is 17.4. The molecule has 0 saturated heterocycles. The van der Waals surface area contributed by atoms with Gasteiger partial charge in [0.05, 0.1) is 12.8 Å². The van der Waals surface area contributed by atoms with Gasteiger partial charge in [-0.05, 0) is 43.2 Å². The number of hydrogen-bond acceptors (Lipinski definition) is 4. The van der Waals surface area contributed by atoms with Gasteiger partial charge in [-0.25, -0.2) is 0 Å². The van der Waals surface area contributed by atoms with Gasteiger partial charge in [-0.15, -0.1) is 0 Å². The molecule has 1 aliphatic rings. The van der Waals surface area contributed by atoms with Crippen LogP contribution in [0.2, 0.25) is 0 Å². The zero-order valence-electron chi connectivity index (χ0n) is 12.1. The molecule has 108 valence electrons. The highest BCUT2D eigenvalue weighted by atomic mass is 16.7. The summed E-state index contributed by atoms with van der Waals surface area (Å²) in [6, 6.07) is 7.56. The van der Waals surface area contributed by atoms with Crippen molar-refractivity contribution in [2.24, 2.45) is 5.16 Å². The van der Waals surface area contributed by atoms with Gasteiger partial charge in [0.25, 0.3) is 5.91 Å². The number of nitrogens with zero attached hydrogens (tertiary/aromatic N) is 1. The second-order valence-electron chi connectivity index (χ2n) is 5.02. The fourth-order valence-electron chi connectivity index (χ4n) is 2.03. The van der Waals surface area contributed by atoms with Crippen LogP contribution in [-0.2, 0) is 9.63 Å². The summed E-state index contributed by atoms with van der Waals surface area (Å²) in [5.41, 5.74) is 0.810. The lowest BCUT2D eigenvalue weighted by atomic mass is 9.95. The Bertz CT molecular complexity index is 510. The molecule has 5 heteroatoms. The Morgan fingerprint density at radius 2 is 2.15 bits per heavy atom. The number of oxime groups is 1. The number of nitrogens with one attached hydrogen (secondary N) is 1. The number of carbonyl (C=O) groups is 1. The smallest absolute Gasteiger partial charge is 0.267 e. The van der Waals surface area contributed by atoms with Crippen LogP contribution in [0.3, 0.4) is 0 Å². The topological polar surface area (TPSA) is 59.9 Å². The molecule has 1 N–H and O–H groups in total. The SMILES string of the molecule is CCCNC(=O)[C@]1(C)CC(c2ccc(OC)cc2)=NO1. The van der Waals surface area contributed by atoms with Gasteiger partial charge >= 0.3 is 0 Å². The van der Waals surface area contributed by atoms with Crippen LogP contribution in [0.25, 0.3) is 0 Å². The summed E-state index contributed by atoms with van der Waals surface area (Å²) in [5, 5.41) is 6.91. The molecule has 1 atom stereocenters. The van der Waals surface area contributed by atoms with E-state index in [1.165, 1.54) is 0 Å². The largest absolute Gasteiger partial charge is 0.497 e. The molecule has 0 radical (unpaired) electrons. The van der Waals surface area contributed by atoms with Crippen molar-refractivity contribution in [1.82, 2.24) is 5.32 Å². The Balaban J connectivity index is 2.04. The highest BCUT2D eigenvalue weighted by molar-refractivity contribution is 6.05. The Hall–Kier alpha value is -2.04. The van der Waals surface area contributed by atoms with E-state index in [0.29, 0.717) is 13.0 Å². The van der Waals surface area contributed by atoms with Crippen LogP contribution in [0.5, 0.6) is 5.75 Å². The highest BCUT2D eigenvalue weighted by Crippen LogP contribution is 2.27. The number of ether oxygens (including phenoxy) is 1. The maximum absolute atomic E-state index is 12.1. The Morgan fingerprint density at radius 3 is 2.75 bits per heavy atom. The number of amides is 1. The molecule has 0 unspecified atom stereocenters. The molecule has 1 aliphatic heterocycles. The molecule has 0 bridgehead atoms. The Morgan fingerprint density at radius 1 is 1.45 bits per heavy atom. The van der Waals surface area contributed by atoms with E-state index in [1.807, 2.05) is 31.2 Å². The third-order valence-electron chi connectivity index (χ3n) is 3.30. The van der Waals surface area contributed by atoms with Crippen LogP contribution >= 0.6 is 0 Å². The van der Waals surface area contributed by atoms with E-state index in [0.717, 1.165) is 23.4 Å². The fourth-order valence-corrected chi connectivity index (χ4v) is 2.03. The van der Waals surface area contributed by atoms with Gasteiger partial charge in [0.15, 0.2) is 0 Å². The van der Waals surface area contributed by atoms with Crippen LogP contribution in [0.4, 0.5) is 0 Å². The van der Waals surface area contributed by atoms with Gasteiger partial charge in [-0.1, -0.05) is 12.1 Å². The molecule has 0 spiro atoms. The normalized spacial score (nSPS) is 21.1. The first-order valence-corrected chi connectivity index (χ1v) is 6.77. The summed E-state index contributed by atoms with van der Waals surface area (Å²) >= 11 is 0. The molecule has 0 aromatic heterocycles. The standard InChI is InChI=1S/C15H20N2O3/c1-4-9-16-14(18)15(2)10-13(17-20-15)11-5-7-12(19-3)8-6-11/h5-8H,4,9-10H2,1-3H3,(H,16,18)/t15-/m0/s1. The average molecular weight is 276 g/mol. The molecule has 20 heavy (non-hydrogen) atoms. The van der Waals surface area contributed by atoms with E-state index in [1.54, 1.807) is 14.0 Å². The number of methoxy groups -OCH3 is 1. The molecule has 1 aromatic rings. The van der Waals surface area contributed by atoms with Crippen molar-refractivity contribution < 1.29 is 14.4 Å². The molecular weight excluding hydrogens is 256 g/mol. The van der Waals surface area contributed by atoms with Crippen LogP contribution < -0.4 is 10.1 Å². The van der Waals surface area contributed by atoms with E-state index >= 15 is 0 Å². The first-order chi connectivity index (χ1) is 9.59. The second-order valence-corrected chi connectivity index (χ2v) is 5.02. The molecule has 1 amide bonds. The van der Waals surface area contributed by atoms with Gasteiger partial charge in [0, 0.05) is 13.0 Å². The molecular formula is C15H20N2O3. The maximum Gasteiger partial charge on any atom is 0.267 e. The van der Waals surface area contributed by atoms with Crippen molar-refractivity contribution in [2.75, 3.05) is 13.7 Å². The van der Waals surface area contributed by atoms with Gasteiger partial charge in [0.1, 0.15) is 5.75 Å². The van der Waals surface area contributed by atoms with Crippen molar-refractivity contribution in [1.29, 1.82) is 0 Å². The van der Waals surface area contributed by atoms with Crippen LogP contribution in [0, 0.1) is 0 Å². The van der Waals surface area contributed by atoms with E-state index < -0.39 is 5.60 Å². The first kappa shape index (κ1) is 14.4. The van der Waals surface area contributed by atoms with Crippen LogP contribution in [0.15, 0.2) is 29.4 Å². The predicted octanol–water partition coefficient (Wildman–Crippen LogP) is 2.10. The minimum atomic E-state index is -0.912. The quantitative estimate of drug-likeness (QED) is 0.896. The molecule has 1 aromatic carbocycles. The van der Waals surface area contributed by atoms with Crippen molar-refractivity contribution >= 4 is 11.6 Å². The second kappa shape index (κ2) is 5.94. The monoisotopic (exact) mass is 276 g/mol. The summed E-state index contributed by atoms with van der Waals surface area (Å²) in [6.07, 6.45) is 1.36. The summed E-state index contributed by atoms with van der Waals surface area (Å²) in [6.45, 7) is 4.42. The van der Waals surface area contributed by atoms with Crippen molar-refractivity contribution in [3.8, 4) is 5.75 Å². The predicted molar refractivity (Wildman–Crippen MR) is 76.9 cm³/mol. The number of rotatable bonds is 5. The van der Waals surface area contributed by atoms with Crippen LogP contribution in [0.1, 0.15) is 32.3 Å². The zero-order valence-corrected chi connectivity index (χ0v) is 12.1. The van der Waals surface area contributed by atoms with Crippen molar-refractivity contribution in [3.05, 3.63) is 29.8 Å². The number of hydrogen-bond donors (Lipinski definition) is 1. The molecule has 2 rings (SSSR count). The Labute approximate surface area is 118 Å². The van der Waals surface area contributed by atoms with Gasteiger partial charge in [-0.2, -0.15) is 0 Å². The Kier molecular flexibility index (Phi) is 4.27. The summed E-state index contributed by atoms with van der Waals surface area (Å²) in [5.74, 6) is 0.670. The lowest BCUT2D eigenvalue weighted by molar-refractivity contribution is -0.141. The van der Waals surface area contributed by atoms with E-state index in [-0.39, 0.29) is 5.91 Å². The van der Waals surface area contributed by atoms with Crippen LogP contribution in [-0.4, -0.2) is 30.9 Å². The molecule has 0 aliphatic carbocycles. The molecule has 0 fully saturated rings. The summed E-state index contributed by atoms with van der Waals surface area (Å²) in [7, 11) is 1.63. The lowest BCUT2D eigenvalue weighted by Gasteiger charge is -2.20. The van der Waals surface area contributed by atoms with Gasteiger partial charge in [0.2, 0.25) is 5.60 Å². The molecule has 5 nitrogen and oxygen atoms in total. The minimum Gasteiger partial charge on any atom is -0.497 e. The molecule has 0 saturated carbocycles. The minimum absolute atomic E-state index is 0.119. The number of carbonyl (C=O) groups excluding carboxylic acids is 1. The van der Waals surface area contributed by atoms with Gasteiger partial charge in [-0.3, -0.25) is 4.79 Å². The van der Waals surface area contributed by atoms with E-state index in [2.05, 4.69) is 10.5 Å². The third kappa shape index (κ3) is 2.92. The zero-order chi connectivity index (χ0) is 14.6.